The topological polar surface area (TPSA) is 21.7 Å². The first-order chi connectivity index (χ1) is 10.1. The lowest BCUT2D eigenvalue weighted by molar-refractivity contribution is 0.172. The van der Waals surface area contributed by atoms with Crippen LogP contribution in [0.3, 0.4) is 0 Å². The van der Waals surface area contributed by atoms with E-state index in [0.717, 1.165) is 39.3 Å². The van der Waals surface area contributed by atoms with Crippen LogP contribution < -0.4 is 4.74 Å². The van der Waals surface area contributed by atoms with Crippen LogP contribution in [0, 0.1) is 0 Å². The molecule has 0 aliphatic carbocycles. The molecule has 0 spiro atoms. The molecule has 0 aromatic heterocycles. The molecule has 21 heavy (non-hydrogen) atoms. The average Bonchev–Trinajstić information content (AvgIpc) is 2.50. The van der Waals surface area contributed by atoms with E-state index < -0.39 is 0 Å². The van der Waals surface area contributed by atoms with Gasteiger partial charge in [-0.25, -0.2) is 0 Å². The molecule has 4 heteroatoms. The van der Waals surface area contributed by atoms with Gasteiger partial charge in [-0.05, 0) is 64.6 Å². The molecule has 1 aromatic rings. The van der Waals surface area contributed by atoms with E-state index >= 15 is 0 Å². The van der Waals surface area contributed by atoms with E-state index in [2.05, 4.69) is 58.4 Å². The molecule has 1 heterocycles. The van der Waals surface area contributed by atoms with Gasteiger partial charge in [0.25, 0.3) is 0 Å². The van der Waals surface area contributed by atoms with Crippen LogP contribution in [-0.2, 0) is 4.74 Å². The Morgan fingerprint density at radius 3 is 2.52 bits per heavy atom. The first-order valence-corrected chi connectivity index (χ1v) is 7.94. The molecule has 1 aliphatic heterocycles. The zero-order chi connectivity index (χ0) is 15.2. The molecule has 0 atom stereocenters. The van der Waals surface area contributed by atoms with E-state index in [0.29, 0.717) is 6.61 Å². The molecule has 0 amide bonds. The van der Waals surface area contributed by atoms with E-state index in [-0.39, 0.29) is 0 Å². The van der Waals surface area contributed by atoms with Gasteiger partial charge >= 0.3 is 0 Å². The lowest BCUT2D eigenvalue weighted by Gasteiger charge is -2.27. The van der Waals surface area contributed by atoms with Crippen molar-refractivity contribution in [3.63, 3.8) is 0 Å². The fraction of sp³-hybridized carbons (Fsp3) is 0.294. The summed E-state index contributed by atoms with van der Waals surface area (Å²) in [5.41, 5.74) is 3.32. The third kappa shape index (κ3) is 4.11. The first kappa shape index (κ1) is 16.1. The summed E-state index contributed by atoms with van der Waals surface area (Å²) in [7, 11) is 3.74. The molecule has 3 nitrogen and oxygen atoms in total. The van der Waals surface area contributed by atoms with Crippen LogP contribution in [0.25, 0.3) is 5.70 Å². The molecule has 1 aliphatic rings. The molecular weight excluding hydrogens is 377 g/mol. The summed E-state index contributed by atoms with van der Waals surface area (Å²) >= 11 is 2.30. The summed E-state index contributed by atoms with van der Waals surface area (Å²) in [4.78, 5) is 2.11. The van der Waals surface area contributed by atoms with Crippen molar-refractivity contribution in [1.82, 2.24) is 4.90 Å². The van der Waals surface area contributed by atoms with Gasteiger partial charge in [0, 0.05) is 42.2 Å². The van der Waals surface area contributed by atoms with Crippen LogP contribution in [0.2, 0.25) is 0 Å². The van der Waals surface area contributed by atoms with Gasteiger partial charge in [-0.1, -0.05) is 6.58 Å². The maximum absolute atomic E-state index is 5.67. The zero-order valence-corrected chi connectivity index (χ0v) is 14.6. The van der Waals surface area contributed by atoms with E-state index in [4.69, 9.17) is 9.47 Å². The average molecular weight is 397 g/mol. The minimum atomic E-state index is 0.674. The largest absolute Gasteiger partial charge is 0.494 e. The van der Waals surface area contributed by atoms with Crippen molar-refractivity contribution in [2.24, 2.45) is 0 Å². The molecule has 0 N–H and O–H groups in total. The molecule has 0 saturated carbocycles. The smallest absolute Gasteiger partial charge is 0.119 e. The maximum Gasteiger partial charge on any atom is 0.119 e. The summed E-state index contributed by atoms with van der Waals surface area (Å²) in [5.74, 6) is 0.887. The summed E-state index contributed by atoms with van der Waals surface area (Å²) in [6.45, 7) is 5.50. The molecular formula is C17H20INO2. The van der Waals surface area contributed by atoms with Crippen LogP contribution in [0.15, 0.2) is 52.3 Å². The van der Waals surface area contributed by atoms with Crippen molar-refractivity contribution in [3.8, 4) is 5.75 Å². The van der Waals surface area contributed by atoms with Gasteiger partial charge in [0.05, 0.1) is 6.61 Å². The highest BCUT2D eigenvalue weighted by Gasteiger charge is 2.15. The van der Waals surface area contributed by atoms with Gasteiger partial charge in [-0.15, -0.1) is 0 Å². The molecule has 2 rings (SSSR count). The second kappa shape index (κ2) is 7.66. The Balaban J connectivity index is 2.04. The summed E-state index contributed by atoms with van der Waals surface area (Å²) in [6, 6.07) is 8.16. The number of hydrogen-bond acceptors (Lipinski definition) is 3. The van der Waals surface area contributed by atoms with Gasteiger partial charge in [0.1, 0.15) is 5.75 Å². The highest BCUT2D eigenvalue weighted by atomic mass is 127. The SMILES string of the molecule is C=C1C(I)=CC=C(c2ccc(OCCCOC)cc2)N1C. The van der Waals surface area contributed by atoms with Crippen molar-refractivity contribution in [3.05, 3.63) is 57.8 Å². The first-order valence-electron chi connectivity index (χ1n) is 6.86. The van der Waals surface area contributed by atoms with Crippen molar-refractivity contribution < 1.29 is 9.47 Å². The molecule has 0 radical (unpaired) electrons. The standard InChI is InChI=1S/C17H20INO2/c1-13-16(18)9-10-17(19(13)2)14-5-7-15(8-6-14)21-12-4-11-20-3/h5-10H,1,4,11-12H2,2-3H3. The van der Waals surface area contributed by atoms with Crippen molar-refractivity contribution in [1.29, 1.82) is 0 Å². The van der Waals surface area contributed by atoms with E-state index in [1.807, 2.05) is 19.2 Å². The Bertz CT molecular complexity index is 561. The number of ether oxygens (including phenoxy) is 2. The zero-order valence-electron chi connectivity index (χ0n) is 12.4. The Morgan fingerprint density at radius 2 is 1.86 bits per heavy atom. The highest BCUT2D eigenvalue weighted by molar-refractivity contribution is 14.1. The number of methoxy groups -OCH3 is 1. The van der Waals surface area contributed by atoms with Crippen molar-refractivity contribution in [2.75, 3.05) is 27.4 Å². The molecule has 0 bridgehead atoms. The molecule has 0 fully saturated rings. The van der Waals surface area contributed by atoms with E-state index in [1.54, 1.807) is 7.11 Å². The Morgan fingerprint density at radius 1 is 1.14 bits per heavy atom. The molecule has 112 valence electrons. The minimum absolute atomic E-state index is 0.674. The van der Waals surface area contributed by atoms with Crippen molar-refractivity contribution in [2.45, 2.75) is 6.42 Å². The van der Waals surface area contributed by atoms with Crippen LogP contribution in [0.5, 0.6) is 5.75 Å². The third-order valence-corrected chi connectivity index (χ3v) is 4.32. The second-order valence-electron chi connectivity index (χ2n) is 4.79. The number of likely N-dealkylation sites (N-methyl/N-ethyl adjacent to an activating group) is 1. The maximum atomic E-state index is 5.67. The highest BCUT2D eigenvalue weighted by Crippen LogP contribution is 2.32. The number of allylic oxidation sites excluding steroid dienone is 3. The molecule has 0 unspecified atom stereocenters. The summed E-state index contributed by atoms with van der Waals surface area (Å²) in [6.07, 6.45) is 5.10. The van der Waals surface area contributed by atoms with Crippen LogP contribution in [0.4, 0.5) is 0 Å². The third-order valence-electron chi connectivity index (χ3n) is 3.34. The number of benzene rings is 1. The lowest BCUT2D eigenvalue weighted by atomic mass is 10.1. The van der Waals surface area contributed by atoms with Crippen molar-refractivity contribution >= 4 is 28.3 Å². The van der Waals surface area contributed by atoms with E-state index in [1.165, 1.54) is 0 Å². The number of hydrogen-bond donors (Lipinski definition) is 0. The Labute approximate surface area is 140 Å². The Hall–Kier alpha value is -1.27. The fourth-order valence-corrected chi connectivity index (χ4v) is 2.61. The normalized spacial score (nSPS) is 14.8. The Kier molecular flexibility index (Phi) is 5.87. The lowest BCUT2D eigenvalue weighted by Crippen LogP contribution is -2.17. The number of rotatable bonds is 6. The quantitative estimate of drug-likeness (QED) is 0.530. The van der Waals surface area contributed by atoms with Gasteiger partial charge in [0.2, 0.25) is 0 Å². The van der Waals surface area contributed by atoms with Gasteiger partial charge in [-0.3, -0.25) is 0 Å². The van der Waals surface area contributed by atoms with Gasteiger partial charge in [0.15, 0.2) is 0 Å². The molecule has 1 aromatic carbocycles. The number of nitrogens with zero attached hydrogens (tertiary/aromatic N) is 1. The predicted molar refractivity (Wildman–Crippen MR) is 95.4 cm³/mol. The van der Waals surface area contributed by atoms with Gasteiger partial charge < -0.3 is 14.4 Å². The minimum Gasteiger partial charge on any atom is -0.494 e. The number of halogens is 1. The second-order valence-corrected chi connectivity index (χ2v) is 5.95. The van der Waals surface area contributed by atoms with Crippen LogP contribution in [0.1, 0.15) is 12.0 Å². The predicted octanol–water partition coefficient (Wildman–Crippen LogP) is 4.22. The van der Waals surface area contributed by atoms with Crippen LogP contribution >= 0.6 is 22.6 Å². The fourth-order valence-electron chi connectivity index (χ4n) is 2.07. The monoisotopic (exact) mass is 397 g/mol. The molecule has 0 saturated heterocycles. The summed E-state index contributed by atoms with van der Waals surface area (Å²) < 4.78 is 11.8. The van der Waals surface area contributed by atoms with Crippen LogP contribution in [-0.4, -0.2) is 32.3 Å². The van der Waals surface area contributed by atoms with Gasteiger partial charge in [-0.2, -0.15) is 0 Å². The summed E-state index contributed by atoms with van der Waals surface area (Å²) in [5, 5.41) is 0. The van der Waals surface area contributed by atoms with E-state index in [9.17, 15) is 0 Å².